The average Bonchev–Trinajstić information content (AvgIpc) is 2.82. The molecule has 0 radical (unpaired) electrons. The van der Waals surface area contributed by atoms with E-state index in [0.717, 1.165) is 16.0 Å². The van der Waals surface area contributed by atoms with Gasteiger partial charge in [0.2, 0.25) is 0 Å². The molecule has 112 valence electrons. The molecule has 0 amide bonds. The zero-order chi connectivity index (χ0) is 15.6. The number of hydrogen-bond donors (Lipinski definition) is 1. The van der Waals surface area contributed by atoms with Gasteiger partial charge < -0.3 is 15.2 Å². The van der Waals surface area contributed by atoms with Gasteiger partial charge >= 0.3 is 5.97 Å². The number of benzene rings is 1. The van der Waals surface area contributed by atoms with Crippen molar-refractivity contribution in [2.45, 2.75) is 13.3 Å². The molecule has 2 rings (SSSR count). The lowest BCUT2D eigenvalue weighted by molar-refractivity contribution is 0.0607. The van der Waals surface area contributed by atoms with Crippen molar-refractivity contribution in [3.63, 3.8) is 0 Å². The molecule has 2 aromatic rings. The molecule has 0 bridgehead atoms. The number of methoxy groups -OCH3 is 2. The van der Waals surface area contributed by atoms with E-state index in [4.69, 9.17) is 26.8 Å². The molecule has 0 spiro atoms. The van der Waals surface area contributed by atoms with Gasteiger partial charge in [-0.3, -0.25) is 0 Å². The summed E-state index contributed by atoms with van der Waals surface area (Å²) in [6.45, 7) is 1.99. The third kappa shape index (κ3) is 2.84. The van der Waals surface area contributed by atoms with Crippen LogP contribution in [0.1, 0.15) is 22.2 Å². The van der Waals surface area contributed by atoms with E-state index in [1.54, 1.807) is 19.2 Å². The largest absolute Gasteiger partial charge is 0.496 e. The van der Waals surface area contributed by atoms with Crippen molar-refractivity contribution in [2.75, 3.05) is 20.0 Å². The van der Waals surface area contributed by atoms with Gasteiger partial charge in [0.05, 0.1) is 19.9 Å². The van der Waals surface area contributed by atoms with Crippen LogP contribution in [-0.2, 0) is 11.2 Å². The van der Waals surface area contributed by atoms with Crippen LogP contribution in [0, 0.1) is 0 Å². The summed E-state index contributed by atoms with van der Waals surface area (Å²) in [4.78, 5) is 13.1. The summed E-state index contributed by atoms with van der Waals surface area (Å²) in [6, 6.07) is 5.39. The Balaban J connectivity index is 2.66. The lowest BCUT2D eigenvalue weighted by Crippen LogP contribution is -2.02. The van der Waals surface area contributed by atoms with Crippen LogP contribution in [0.4, 0.5) is 5.69 Å². The minimum atomic E-state index is -0.425. The molecule has 0 aliphatic rings. The van der Waals surface area contributed by atoms with Crippen molar-refractivity contribution in [3.05, 3.63) is 33.7 Å². The highest BCUT2D eigenvalue weighted by atomic mass is 35.5. The van der Waals surface area contributed by atoms with Crippen molar-refractivity contribution in [2.24, 2.45) is 0 Å². The van der Waals surface area contributed by atoms with E-state index < -0.39 is 5.97 Å². The molecular weight excluding hydrogens is 310 g/mol. The molecular formula is C15H16ClNO3S. The summed E-state index contributed by atoms with van der Waals surface area (Å²) in [5.74, 6) is 0.223. The van der Waals surface area contributed by atoms with Crippen LogP contribution in [0.15, 0.2) is 18.2 Å². The lowest BCUT2D eigenvalue weighted by Gasteiger charge is -2.09. The van der Waals surface area contributed by atoms with Gasteiger partial charge in [0.15, 0.2) is 0 Å². The van der Waals surface area contributed by atoms with E-state index >= 15 is 0 Å². The Kier molecular flexibility index (Phi) is 4.75. The number of rotatable bonds is 4. The molecule has 0 aliphatic carbocycles. The van der Waals surface area contributed by atoms with Gasteiger partial charge in [-0.2, -0.15) is 0 Å². The number of ether oxygens (including phenoxy) is 2. The predicted molar refractivity (Wildman–Crippen MR) is 86.4 cm³/mol. The zero-order valence-corrected chi connectivity index (χ0v) is 13.6. The Hall–Kier alpha value is -1.72. The maximum absolute atomic E-state index is 11.8. The van der Waals surface area contributed by atoms with E-state index in [0.29, 0.717) is 27.8 Å². The molecule has 0 atom stereocenters. The van der Waals surface area contributed by atoms with E-state index in [2.05, 4.69) is 0 Å². The quantitative estimate of drug-likeness (QED) is 0.863. The normalized spacial score (nSPS) is 10.5. The molecule has 4 nitrogen and oxygen atoms in total. The molecule has 0 aliphatic heterocycles. The van der Waals surface area contributed by atoms with Crippen LogP contribution in [-0.4, -0.2) is 20.2 Å². The first kappa shape index (κ1) is 15.7. The molecule has 21 heavy (non-hydrogen) atoms. The molecule has 0 fully saturated rings. The molecule has 0 unspecified atom stereocenters. The number of nitrogens with two attached hydrogens (primary N) is 1. The SMILES string of the molecule is CCc1c(-c2ccc(Cl)cc2OC)sc(C(=O)OC)c1N. The molecule has 1 heterocycles. The average molecular weight is 326 g/mol. The maximum atomic E-state index is 11.8. The molecule has 6 heteroatoms. The van der Waals surface area contributed by atoms with Crippen molar-refractivity contribution in [3.8, 4) is 16.2 Å². The summed E-state index contributed by atoms with van der Waals surface area (Å²) in [6.07, 6.45) is 0.709. The van der Waals surface area contributed by atoms with E-state index in [-0.39, 0.29) is 0 Å². The molecule has 1 aromatic heterocycles. The van der Waals surface area contributed by atoms with Gasteiger partial charge in [-0.05, 0) is 30.2 Å². The molecule has 0 saturated heterocycles. The van der Waals surface area contributed by atoms with Crippen LogP contribution in [0.25, 0.3) is 10.4 Å². The van der Waals surface area contributed by atoms with Gasteiger partial charge in [0.25, 0.3) is 0 Å². The minimum absolute atomic E-state index is 0.418. The predicted octanol–water partition coefficient (Wildman–Crippen LogP) is 4.01. The highest BCUT2D eigenvalue weighted by Crippen LogP contribution is 2.43. The van der Waals surface area contributed by atoms with Gasteiger partial charge in [-0.1, -0.05) is 18.5 Å². The van der Waals surface area contributed by atoms with Crippen LogP contribution < -0.4 is 10.5 Å². The number of esters is 1. The first-order chi connectivity index (χ1) is 10.0. The number of nitrogen functional groups attached to an aromatic ring is 1. The van der Waals surface area contributed by atoms with Crippen molar-refractivity contribution < 1.29 is 14.3 Å². The Morgan fingerprint density at radius 1 is 1.38 bits per heavy atom. The Morgan fingerprint density at radius 3 is 2.67 bits per heavy atom. The summed E-state index contributed by atoms with van der Waals surface area (Å²) in [7, 11) is 2.93. The smallest absolute Gasteiger partial charge is 0.350 e. The second-order valence-electron chi connectivity index (χ2n) is 4.34. The number of halogens is 1. The Morgan fingerprint density at radius 2 is 2.10 bits per heavy atom. The summed E-state index contributed by atoms with van der Waals surface area (Å²) in [5.41, 5.74) is 8.35. The highest BCUT2D eigenvalue weighted by Gasteiger charge is 2.23. The lowest BCUT2D eigenvalue weighted by atomic mass is 10.1. The van der Waals surface area contributed by atoms with Crippen LogP contribution in [0.2, 0.25) is 5.02 Å². The van der Waals surface area contributed by atoms with Crippen molar-refractivity contribution in [1.82, 2.24) is 0 Å². The van der Waals surface area contributed by atoms with E-state index in [1.807, 2.05) is 13.0 Å². The third-order valence-electron chi connectivity index (χ3n) is 3.18. The molecule has 2 N–H and O–H groups in total. The summed E-state index contributed by atoms with van der Waals surface area (Å²) >= 11 is 7.30. The topological polar surface area (TPSA) is 61.5 Å². The first-order valence-electron chi connectivity index (χ1n) is 6.36. The van der Waals surface area contributed by atoms with Gasteiger partial charge in [-0.25, -0.2) is 4.79 Å². The molecule has 1 aromatic carbocycles. The van der Waals surface area contributed by atoms with Crippen molar-refractivity contribution >= 4 is 34.6 Å². The standard InChI is InChI=1S/C15H16ClNO3S/c1-4-9-12(17)14(15(18)20-3)21-13(9)10-6-5-8(16)7-11(10)19-2/h5-7H,4,17H2,1-3H3. The fraction of sp³-hybridized carbons (Fsp3) is 0.267. The highest BCUT2D eigenvalue weighted by molar-refractivity contribution is 7.18. The fourth-order valence-corrected chi connectivity index (χ4v) is 3.57. The number of carbonyl (C=O) groups is 1. The van der Waals surface area contributed by atoms with Crippen LogP contribution >= 0.6 is 22.9 Å². The van der Waals surface area contributed by atoms with Crippen LogP contribution in [0.3, 0.4) is 0 Å². The van der Waals surface area contributed by atoms with Gasteiger partial charge in [-0.15, -0.1) is 11.3 Å². The van der Waals surface area contributed by atoms with E-state index in [9.17, 15) is 4.79 Å². The number of carbonyl (C=O) groups excluding carboxylic acids is 1. The number of hydrogen-bond acceptors (Lipinski definition) is 5. The van der Waals surface area contributed by atoms with Gasteiger partial charge in [0, 0.05) is 15.5 Å². The Bertz CT molecular complexity index is 682. The number of thiophene rings is 1. The summed E-state index contributed by atoms with van der Waals surface area (Å²) in [5, 5.41) is 0.589. The minimum Gasteiger partial charge on any atom is -0.496 e. The maximum Gasteiger partial charge on any atom is 0.350 e. The number of anilines is 1. The van der Waals surface area contributed by atoms with Gasteiger partial charge in [0.1, 0.15) is 10.6 Å². The fourth-order valence-electron chi connectivity index (χ4n) is 2.14. The third-order valence-corrected chi connectivity index (χ3v) is 4.68. The molecule has 0 saturated carbocycles. The van der Waals surface area contributed by atoms with Crippen LogP contribution in [0.5, 0.6) is 5.75 Å². The monoisotopic (exact) mass is 325 g/mol. The van der Waals surface area contributed by atoms with E-state index in [1.165, 1.54) is 18.4 Å². The first-order valence-corrected chi connectivity index (χ1v) is 7.56. The second kappa shape index (κ2) is 6.37. The summed E-state index contributed by atoms with van der Waals surface area (Å²) < 4.78 is 10.2. The zero-order valence-electron chi connectivity index (χ0n) is 12.0. The Labute approximate surface area is 132 Å². The van der Waals surface area contributed by atoms with Crippen molar-refractivity contribution in [1.29, 1.82) is 0 Å². The second-order valence-corrected chi connectivity index (χ2v) is 5.80.